The summed E-state index contributed by atoms with van der Waals surface area (Å²) >= 11 is 5.81. The SMILES string of the molecule is CCN(CC)S(=O)(=O)c1cc(C(=O)OCCOc2ccc(Cl)cc2)ccc1C. The number of hydrogen-bond donors (Lipinski definition) is 0. The van der Waals surface area contributed by atoms with Crippen LogP contribution in [0, 0.1) is 6.92 Å². The predicted molar refractivity (Wildman–Crippen MR) is 109 cm³/mol. The van der Waals surface area contributed by atoms with Gasteiger partial charge in [-0.25, -0.2) is 13.2 Å². The molecule has 8 heteroatoms. The lowest BCUT2D eigenvalue weighted by atomic mass is 10.1. The topological polar surface area (TPSA) is 72.9 Å². The van der Waals surface area contributed by atoms with Gasteiger partial charge in [0.2, 0.25) is 10.0 Å². The fraction of sp³-hybridized carbons (Fsp3) is 0.350. The molecule has 2 rings (SSSR count). The minimum Gasteiger partial charge on any atom is -0.490 e. The Labute approximate surface area is 171 Å². The molecule has 6 nitrogen and oxygen atoms in total. The van der Waals surface area contributed by atoms with Crippen molar-refractivity contribution in [3.05, 3.63) is 58.6 Å². The Kier molecular flexibility index (Phi) is 7.86. The number of benzene rings is 2. The Morgan fingerprint density at radius 2 is 1.68 bits per heavy atom. The number of nitrogens with zero attached hydrogens (tertiary/aromatic N) is 1. The van der Waals surface area contributed by atoms with E-state index in [2.05, 4.69) is 0 Å². The summed E-state index contributed by atoms with van der Waals surface area (Å²) < 4.78 is 37.6. The van der Waals surface area contributed by atoms with Crippen LogP contribution in [0.3, 0.4) is 0 Å². The van der Waals surface area contributed by atoms with E-state index in [1.54, 1.807) is 57.2 Å². The van der Waals surface area contributed by atoms with E-state index in [1.165, 1.54) is 10.4 Å². The molecule has 0 aliphatic carbocycles. The Hall–Kier alpha value is -2.09. The zero-order valence-electron chi connectivity index (χ0n) is 16.1. The van der Waals surface area contributed by atoms with Gasteiger partial charge < -0.3 is 9.47 Å². The Morgan fingerprint density at radius 1 is 1.04 bits per heavy atom. The largest absolute Gasteiger partial charge is 0.490 e. The highest BCUT2D eigenvalue weighted by Gasteiger charge is 2.25. The van der Waals surface area contributed by atoms with E-state index in [4.69, 9.17) is 21.1 Å². The predicted octanol–water partition coefficient (Wildman–Crippen LogP) is 3.91. The normalized spacial score (nSPS) is 11.5. The molecule has 152 valence electrons. The van der Waals surface area contributed by atoms with Gasteiger partial charge in [-0.3, -0.25) is 0 Å². The van der Waals surface area contributed by atoms with E-state index < -0.39 is 16.0 Å². The number of aryl methyl sites for hydroxylation is 1. The van der Waals surface area contributed by atoms with Crippen molar-refractivity contribution >= 4 is 27.6 Å². The molecule has 0 aromatic heterocycles. The zero-order chi connectivity index (χ0) is 20.7. The zero-order valence-corrected chi connectivity index (χ0v) is 17.7. The number of sulfonamides is 1. The van der Waals surface area contributed by atoms with Crippen molar-refractivity contribution in [2.24, 2.45) is 0 Å². The van der Waals surface area contributed by atoms with Gasteiger partial charge >= 0.3 is 5.97 Å². The summed E-state index contributed by atoms with van der Waals surface area (Å²) in [6.07, 6.45) is 0. The molecule has 0 amide bonds. The summed E-state index contributed by atoms with van der Waals surface area (Å²) in [4.78, 5) is 12.4. The number of rotatable bonds is 9. The third-order valence-electron chi connectivity index (χ3n) is 4.15. The van der Waals surface area contributed by atoms with Gasteiger partial charge in [-0.05, 0) is 48.9 Å². The van der Waals surface area contributed by atoms with Crippen LogP contribution in [0.1, 0.15) is 29.8 Å². The van der Waals surface area contributed by atoms with E-state index in [1.807, 2.05) is 0 Å². The molecule has 0 aliphatic rings. The number of carbonyl (C=O) groups excluding carboxylic acids is 1. The van der Waals surface area contributed by atoms with E-state index in [0.29, 0.717) is 29.4 Å². The molecule has 0 bridgehead atoms. The van der Waals surface area contributed by atoms with Crippen LogP contribution in [0.2, 0.25) is 5.02 Å². The van der Waals surface area contributed by atoms with Crippen LogP contribution in [-0.2, 0) is 14.8 Å². The second-order valence-corrected chi connectivity index (χ2v) is 8.35. The molecule has 2 aromatic carbocycles. The van der Waals surface area contributed by atoms with Crippen molar-refractivity contribution < 1.29 is 22.7 Å². The van der Waals surface area contributed by atoms with Crippen molar-refractivity contribution in [3.63, 3.8) is 0 Å². The second-order valence-electron chi connectivity index (χ2n) is 6.01. The van der Waals surface area contributed by atoms with Gasteiger partial charge in [0.1, 0.15) is 19.0 Å². The summed E-state index contributed by atoms with van der Waals surface area (Å²) in [7, 11) is -3.66. The molecule has 2 aromatic rings. The van der Waals surface area contributed by atoms with E-state index >= 15 is 0 Å². The van der Waals surface area contributed by atoms with Gasteiger partial charge in [0.15, 0.2) is 0 Å². The summed E-state index contributed by atoms with van der Waals surface area (Å²) in [6.45, 7) is 6.16. The van der Waals surface area contributed by atoms with Gasteiger partial charge in [0.05, 0.1) is 10.5 Å². The third kappa shape index (κ3) is 5.47. The van der Waals surface area contributed by atoms with Crippen LogP contribution in [0.5, 0.6) is 5.75 Å². The van der Waals surface area contributed by atoms with Gasteiger partial charge in [-0.2, -0.15) is 4.31 Å². The molecule has 0 heterocycles. The van der Waals surface area contributed by atoms with Gasteiger partial charge in [-0.15, -0.1) is 0 Å². The minimum atomic E-state index is -3.66. The highest BCUT2D eigenvalue weighted by molar-refractivity contribution is 7.89. The van der Waals surface area contributed by atoms with Crippen LogP contribution >= 0.6 is 11.6 Å². The van der Waals surface area contributed by atoms with Crippen molar-refractivity contribution in [1.82, 2.24) is 4.31 Å². The number of esters is 1. The van der Waals surface area contributed by atoms with Crippen LogP contribution < -0.4 is 4.74 Å². The maximum absolute atomic E-state index is 12.8. The first-order chi connectivity index (χ1) is 13.3. The third-order valence-corrected chi connectivity index (χ3v) is 6.59. The molecule has 0 saturated carbocycles. The molecule has 0 unspecified atom stereocenters. The van der Waals surface area contributed by atoms with Crippen LogP contribution in [-0.4, -0.2) is 45.0 Å². The lowest BCUT2D eigenvalue weighted by Gasteiger charge is -2.20. The first-order valence-electron chi connectivity index (χ1n) is 8.95. The number of halogens is 1. The van der Waals surface area contributed by atoms with Gasteiger partial charge in [0, 0.05) is 18.1 Å². The molecule has 0 saturated heterocycles. The highest BCUT2D eigenvalue weighted by atomic mass is 35.5. The standard InChI is InChI=1S/C20H24ClNO5S/c1-4-22(5-2)28(24,25)19-14-16(7-6-15(19)3)20(23)27-13-12-26-18-10-8-17(21)9-11-18/h6-11,14H,4-5,12-13H2,1-3H3. The van der Waals surface area contributed by atoms with Crippen molar-refractivity contribution in [3.8, 4) is 5.75 Å². The maximum atomic E-state index is 12.8. The average Bonchev–Trinajstić information content (AvgIpc) is 2.67. The molecular formula is C20H24ClNO5S. The molecular weight excluding hydrogens is 402 g/mol. The second kappa shape index (κ2) is 9.91. The van der Waals surface area contributed by atoms with E-state index in [9.17, 15) is 13.2 Å². The summed E-state index contributed by atoms with van der Waals surface area (Å²) in [6, 6.07) is 11.4. The molecule has 0 radical (unpaired) electrons. The summed E-state index contributed by atoms with van der Waals surface area (Å²) in [5.74, 6) is 0.0130. The van der Waals surface area contributed by atoms with Gasteiger partial charge in [0.25, 0.3) is 0 Å². The first kappa shape index (κ1) is 22.2. The fourth-order valence-electron chi connectivity index (χ4n) is 2.62. The van der Waals surface area contributed by atoms with Crippen LogP contribution in [0.25, 0.3) is 0 Å². The Bertz CT molecular complexity index is 909. The van der Waals surface area contributed by atoms with Crippen molar-refractivity contribution in [2.75, 3.05) is 26.3 Å². The van der Waals surface area contributed by atoms with Gasteiger partial charge in [-0.1, -0.05) is 31.5 Å². The monoisotopic (exact) mass is 425 g/mol. The lowest BCUT2D eigenvalue weighted by molar-refractivity contribution is 0.0450. The molecule has 0 aliphatic heterocycles. The fourth-order valence-corrected chi connectivity index (χ4v) is 4.45. The summed E-state index contributed by atoms with van der Waals surface area (Å²) in [5, 5.41) is 0.605. The minimum absolute atomic E-state index is 0.0352. The van der Waals surface area contributed by atoms with Crippen LogP contribution in [0.15, 0.2) is 47.4 Å². The number of hydrogen-bond acceptors (Lipinski definition) is 5. The van der Waals surface area contributed by atoms with Crippen molar-refractivity contribution in [1.29, 1.82) is 0 Å². The Balaban J connectivity index is 2.02. The lowest BCUT2D eigenvalue weighted by Crippen LogP contribution is -2.31. The van der Waals surface area contributed by atoms with E-state index in [-0.39, 0.29) is 23.7 Å². The molecule has 0 fully saturated rings. The summed E-state index contributed by atoms with van der Waals surface area (Å²) in [5.41, 5.74) is 0.761. The number of ether oxygens (including phenoxy) is 2. The van der Waals surface area contributed by atoms with E-state index in [0.717, 1.165) is 0 Å². The molecule has 0 spiro atoms. The average molecular weight is 426 g/mol. The number of carbonyl (C=O) groups is 1. The van der Waals surface area contributed by atoms with Crippen LogP contribution in [0.4, 0.5) is 0 Å². The Morgan fingerprint density at radius 3 is 2.29 bits per heavy atom. The van der Waals surface area contributed by atoms with Crippen molar-refractivity contribution in [2.45, 2.75) is 25.7 Å². The molecule has 0 N–H and O–H groups in total. The molecule has 0 atom stereocenters. The highest BCUT2D eigenvalue weighted by Crippen LogP contribution is 2.22. The maximum Gasteiger partial charge on any atom is 0.338 e. The first-order valence-corrected chi connectivity index (χ1v) is 10.8. The quantitative estimate of drug-likeness (QED) is 0.449. The smallest absolute Gasteiger partial charge is 0.338 e. The molecule has 28 heavy (non-hydrogen) atoms.